The average molecular weight is 596 g/mol. The summed E-state index contributed by atoms with van der Waals surface area (Å²) in [4.78, 5) is 2.48. The zero-order chi connectivity index (χ0) is 31.6. The molecule has 0 heterocycles. The van der Waals surface area contributed by atoms with Gasteiger partial charge in [0.15, 0.2) is 0 Å². The highest BCUT2D eigenvalue weighted by molar-refractivity contribution is 8.14. The molecule has 42 heavy (non-hydrogen) atoms. The maximum absolute atomic E-state index is 5.65. The van der Waals surface area contributed by atoms with Crippen molar-refractivity contribution in [3.05, 3.63) is 73.1 Å². The van der Waals surface area contributed by atoms with E-state index in [0.29, 0.717) is 6.04 Å². The van der Waals surface area contributed by atoms with Crippen molar-refractivity contribution < 1.29 is 0 Å². The van der Waals surface area contributed by atoms with Crippen LogP contribution >= 0.6 is 10.5 Å². The van der Waals surface area contributed by atoms with Crippen molar-refractivity contribution in [2.75, 3.05) is 37.7 Å². The van der Waals surface area contributed by atoms with E-state index < -0.39 is 0 Å². The van der Waals surface area contributed by atoms with E-state index >= 15 is 0 Å². The summed E-state index contributed by atoms with van der Waals surface area (Å²) in [6.07, 6.45) is 19.2. The highest BCUT2D eigenvalue weighted by atomic mass is 32.2. The van der Waals surface area contributed by atoms with Crippen LogP contribution < -0.4 is 10.6 Å². The molecule has 1 aliphatic carbocycles. The summed E-state index contributed by atoms with van der Waals surface area (Å²) in [7, 11) is 0.227. The van der Waals surface area contributed by atoms with Gasteiger partial charge in [0.25, 0.3) is 0 Å². The molecule has 2 N–H and O–H groups in total. The summed E-state index contributed by atoms with van der Waals surface area (Å²) in [5, 5.41) is 7.37. The second-order valence-electron chi connectivity index (χ2n) is 11.7. The van der Waals surface area contributed by atoms with Crippen LogP contribution in [0.15, 0.2) is 67.5 Å². The minimum Gasteiger partial charge on any atom is -0.383 e. The molecule has 1 fully saturated rings. The summed E-state index contributed by atoms with van der Waals surface area (Å²) in [6, 6.07) is 10.8. The molecule has 1 saturated carbocycles. The van der Waals surface area contributed by atoms with E-state index in [2.05, 4.69) is 93.8 Å². The molecule has 0 aromatic heterocycles. The van der Waals surface area contributed by atoms with Gasteiger partial charge in [-0.3, -0.25) is 0 Å². The van der Waals surface area contributed by atoms with Gasteiger partial charge in [-0.05, 0) is 63.3 Å². The molecule has 2 unspecified atom stereocenters. The summed E-state index contributed by atoms with van der Waals surface area (Å²) >= 11 is 0. The van der Waals surface area contributed by atoms with Crippen LogP contribution in [0.4, 0.5) is 0 Å². The number of nitrogens with one attached hydrogen (secondary N) is 2. The first-order valence-electron chi connectivity index (χ1n) is 16.4. The molecule has 3 nitrogen and oxygen atoms in total. The van der Waals surface area contributed by atoms with Gasteiger partial charge in [-0.25, -0.2) is 0 Å². The Kier molecular flexibility index (Phi) is 25.0. The fourth-order valence-corrected chi connectivity index (χ4v) is 6.54. The van der Waals surface area contributed by atoms with Crippen LogP contribution in [0.1, 0.15) is 91.0 Å². The molecule has 1 aliphatic rings. The van der Waals surface area contributed by atoms with Crippen molar-refractivity contribution in [3.63, 3.8) is 0 Å². The molecule has 0 saturated heterocycles. The van der Waals surface area contributed by atoms with E-state index in [-0.39, 0.29) is 10.5 Å². The van der Waals surface area contributed by atoms with Gasteiger partial charge in [0.2, 0.25) is 0 Å². The zero-order valence-electron chi connectivity index (χ0n) is 28.1. The van der Waals surface area contributed by atoms with Crippen LogP contribution in [0, 0.1) is 31.1 Å². The largest absolute Gasteiger partial charge is 0.383 e. The van der Waals surface area contributed by atoms with Crippen molar-refractivity contribution in [1.82, 2.24) is 15.5 Å². The Hall–Kier alpha value is -2.22. The first-order chi connectivity index (χ1) is 20.3. The van der Waals surface area contributed by atoms with Gasteiger partial charge in [0, 0.05) is 31.0 Å². The molecule has 2 rings (SSSR count). The van der Waals surface area contributed by atoms with E-state index in [1.165, 1.54) is 62.7 Å². The third kappa shape index (κ3) is 19.8. The van der Waals surface area contributed by atoms with Crippen LogP contribution in [0.3, 0.4) is 0 Å². The normalized spacial score (nSPS) is 15.0. The van der Waals surface area contributed by atoms with Crippen molar-refractivity contribution >= 4 is 16.4 Å². The molecule has 0 aliphatic heterocycles. The number of aryl methyl sites for hydroxylation is 1. The number of allylic oxidation sites excluding steroid dienone is 1. The highest BCUT2D eigenvalue weighted by Crippen LogP contribution is 2.29. The number of hydrogen-bond donors (Lipinski definition) is 2. The third-order valence-electron chi connectivity index (χ3n) is 7.88. The van der Waals surface area contributed by atoms with Gasteiger partial charge < -0.3 is 15.5 Å². The summed E-state index contributed by atoms with van der Waals surface area (Å²) in [5.74, 6) is 11.0. The van der Waals surface area contributed by atoms with E-state index in [1.54, 1.807) is 0 Å². The van der Waals surface area contributed by atoms with E-state index in [4.69, 9.17) is 6.42 Å². The fraction of sp³-hybridized carbons (Fsp3) is 0.605. The molecule has 0 amide bonds. The number of hydrogen-bond acceptors (Lipinski definition) is 3. The van der Waals surface area contributed by atoms with Gasteiger partial charge >= 0.3 is 0 Å². The van der Waals surface area contributed by atoms with Crippen LogP contribution in [0.2, 0.25) is 0 Å². The Morgan fingerprint density at radius 3 is 2.21 bits per heavy atom. The molecule has 1 aromatic rings. The molecule has 1 aromatic carbocycles. The minimum absolute atomic E-state index is 0.227. The quantitative estimate of drug-likeness (QED) is 0.0582. The van der Waals surface area contributed by atoms with E-state index in [9.17, 15) is 0 Å². The van der Waals surface area contributed by atoms with Crippen LogP contribution in [-0.2, 0) is 0 Å². The lowest BCUT2D eigenvalue weighted by molar-refractivity contribution is 0.263. The Morgan fingerprint density at radius 2 is 1.69 bits per heavy atom. The van der Waals surface area contributed by atoms with Gasteiger partial charge in [0.1, 0.15) is 0 Å². The lowest BCUT2D eigenvalue weighted by Gasteiger charge is -2.33. The number of nitrogens with zero attached hydrogens (tertiary/aromatic N) is 1. The second kappa shape index (κ2) is 26.4. The highest BCUT2D eigenvalue weighted by Gasteiger charge is 2.24. The third-order valence-corrected chi connectivity index (χ3v) is 9.51. The number of terminal acetylenes is 1. The number of benzene rings is 1. The molecule has 4 heteroatoms. The van der Waals surface area contributed by atoms with E-state index in [0.717, 1.165) is 61.6 Å². The summed E-state index contributed by atoms with van der Waals surface area (Å²) < 4.78 is 0. The molecule has 0 radical (unpaired) electrons. The van der Waals surface area contributed by atoms with Crippen molar-refractivity contribution in [1.29, 1.82) is 0 Å². The number of rotatable bonds is 18. The summed E-state index contributed by atoms with van der Waals surface area (Å²) in [5.41, 5.74) is 3.26. The Balaban J connectivity index is 0.00000160. The monoisotopic (exact) mass is 595 g/mol. The molecule has 238 valence electrons. The lowest BCUT2D eigenvalue weighted by atomic mass is 9.81. The minimum atomic E-state index is 0.227. The smallest absolute Gasteiger partial charge is 0.0654 e. The van der Waals surface area contributed by atoms with Crippen molar-refractivity contribution in [3.8, 4) is 12.3 Å². The van der Waals surface area contributed by atoms with Gasteiger partial charge in [0.05, 0.1) is 11.4 Å². The Morgan fingerprint density at radius 1 is 1.05 bits per heavy atom. The SMILES string of the molecule is C#C/C=C(/NCCCS(=C)CCN(CC)CC)C(=C)NC(CCCC(C)C)C1CCCCC1.C=C.Cc1ccccc1. The maximum atomic E-state index is 5.65. The van der Waals surface area contributed by atoms with Gasteiger partial charge in [-0.1, -0.05) is 114 Å². The van der Waals surface area contributed by atoms with Crippen molar-refractivity contribution in [2.45, 2.75) is 98.4 Å². The fourth-order valence-electron chi connectivity index (χ4n) is 5.27. The molecule has 0 spiro atoms. The molecular weight excluding hydrogens is 531 g/mol. The average Bonchev–Trinajstić information content (AvgIpc) is 3.00. The molecular formula is C38H65N3S. The maximum Gasteiger partial charge on any atom is 0.0654 e. The Labute approximate surface area is 264 Å². The first-order valence-corrected chi connectivity index (χ1v) is 18.1. The zero-order valence-corrected chi connectivity index (χ0v) is 28.9. The molecule has 0 bridgehead atoms. The predicted octanol–water partition coefficient (Wildman–Crippen LogP) is 9.20. The van der Waals surface area contributed by atoms with E-state index in [1.807, 2.05) is 24.3 Å². The summed E-state index contributed by atoms with van der Waals surface area (Å²) in [6.45, 7) is 25.9. The lowest BCUT2D eigenvalue weighted by Crippen LogP contribution is -2.38. The van der Waals surface area contributed by atoms with Crippen LogP contribution in [0.25, 0.3) is 0 Å². The topological polar surface area (TPSA) is 27.3 Å². The van der Waals surface area contributed by atoms with Crippen LogP contribution in [0.5, 0.6) is 0 Å². The van der Waals surface area contributed by atoms with Crippen molar-refractivity contribution in [2.24, 2.45) is 11.8 Å². The predicted molar refractivity (Wildman–Crippen MR) is 196 cm³/mol. The van der Waals surface area contributed by atoms with Gasteiger partial charge in [-0.2, -0.15) is 10.5 Å². The second-order valence-corrected chi connectivity index (χ2v) is 13.7. The molecule has 2 atom stereocenters. The Bertz CT molecular complexity index is 889. The standard InChI is InChI=1S/C29H53N3S.C7H8.C2H4/c1-8-16-28(30-21-15-23-33(7)24-22-32(9-2)10-3)26(6)31-29(20-14-17-25(4)5)27-18-12-11-13-19-27;1-7-5-3-2-4-6-7;1-2/h1,16,25,27,29-31H,6-7,9-15,17-24H2,2-5H3;2-6H,1H3;1-2H2/b28-16+;;. The first kappa shape index (κ1) is 39.8. The van der Waals surface area contributed by atoms with Gasteiger partial charge in [-0.15, -0.1) is 19.6 Å². The van der Waals surface area contributed by atoms with Crippen LogP contribution in [-0.4, -0.2) is 54.5 Å².